The number of hydrogen-bond acceptors (Lipinski definition) is 2. The number of hydrogen-bond donors (Lipinski definition) is 1. The van der Waals surface area contributed by atoms with Gasteiger partial charge in [-0.1, -0.05) is 24.8 Å². The van der Waals surface area contributed by atoms with E-state index in [1.54, 1.807) is 0 Å². The normalized spacial score (nSPS) is 14.5. The van der Waals surface area contributed by atoms with Gasteiger partial charge in [0.15, 0.2) is 11.6 Å². The van der Waals surface area contributed by atoms with Crippen molar-refractivity contribution in [1.82, 2.24) is 0 Å². The van der Waals surface area contributed by atoms with Gasteiger partial charge in [-0.2, -0.15) is 0 Å². The molecule has 0 amide bonds. The topological polar surface area (TPSA) is 46.5 Å². The summed E-state index contributed by atoms with van der Waals surface area (Å²) in [5, 5.41) is 0. The summed E-state index contributed by atoms with van der Waals surface area (Å²) >= 11 is 0. The second-order valence-electron chi connectivity index (χ2n) is 2.76. The molecule has 0 saturated carbocycles. The molecule has 0 radical (unpaired) electrons. The Kier molecular flexibility index (Phi) is 3.09. The lowest BCUT2D eigenvalue weighted by molar-refractivity contribution is 0.377. The molecule has 0 heterocycles. The van der Waals surface area contributed by atoms with E-state index in [1.807, 2.05) is 0 Å². The van der Waals surface area contributed by atoms with Gasteiger partial charge in [-0.25, -0.2) is 8.96 Å². The monoisotopic (exact) mass is 216 g/mol. The van der Waals surface area contributed by atoms with Gasteiger partial charge in [0.05, 0.1) is 0 Å². The molecule has 1 unspecified atom stereocenters. The van der Waals surface area contributed by atoms with Crippen molar-refractivity contribution in [2.75, 3.05) is 6.66 Å². The first-order valence-corrected chi connectivity index (χ1v) is 5.87. The van der Waals surface area contributed by atoms with E-state index >= 15 is 0 Å². The second kappa shape index (κ2) is 3.95. The van der Waals surface area contributed by atoms with Crippen LogP contribution in [0.2, 0.25) is 0 Å². The first-order valence-electron chi connectivity index (χ1n) is 3.85. The zero-order valence-corrected chi connectivity index (χ0v) is 8.50. The van der Waals surface area contributed by atoms with E-state index in [0.717, 1.165) is 6.66 Å². The van der Waals surface area contributed by atoms with Crippen LogP contribution in [0.5, 0.6) is 5.75 Å². The van der Waals surface area contributed by atoms with Crippen molar-refractivity contribution in [3.8, 4) is 5.75 Å². The Labute approximate surface area is 81.4 Å². The molecule has 0 bridgehead atoms. The highest BCUT2D eigenvalue weighted by Crippen LogP contribution is 2.39. The molecular weight excluding hydrogens is 206 g/mol. The predicted octanol–water partition coefficient (Wildman–Crippen LogP) is 2.66. The summed E-state index contributed by atoms with van der Waals surface area (Å²) in [4.78, 5) is 8.90. The van der Waals surface area contributed by atoms with E-state index in [0.29, 0.717) is 0 Å². The number of halogens is 1. The quantitative estimate of drug-likeness (QED) is 0.790. The van der Waals surface area contributed by atoms with Crippen LogP contribution in [0.1, 0.15) is 5.56 Å². The van der Waals surface area contributed by atoms with Gasteiger partial charge in [0.1, 0.15) is 0 Å². The van der Waals surface area contributed by atoms with Crippen LogP contribution in [0.3, 0.4) is 0 Å². The maximum Gasteiger partial charge on any atom is 0.373 e. The van der Waals surface area contributed by atoms with Crippen molar-refractivity contribution in [2.45, 2.75) is 0 Å². The molecule has 0 saturated heterocycles. The third-order valence-corrected chi connectivity index (χ3v) is 2.02. The molecule has 1 aromatic carbocycles. The minimum Gasteiger partial charge on any atom is -0.421 e. The Morgan fingerprint density at radius 2 is 2.29 bits per heavy atom. The van der Waals surface area contributed by atoms with Crippen LogP contribution in [0.15, 0.2) is 24.8 Å². The zero-order chi connectivity index (χ0) is 10.8. The van der Waals surface area contributed by atoms with Gasteiger partial charge in [0, 0.05) is 12.2 Å². The summed E-state index contributed by atoms with van der Waals surface area (Å²) in [5.41, 5.74) is 0.232. The average molecular weight is 216 g/mol. The summed E-state index contributed by atoms with van der Waals surface area (Å²) in [6, 6.07) is 4.30. The smallest absolute Gasteiger partial charge is 0.373 e. The van der Waals surface area contributed by atoms with Gasteiger partial charge in [0.2, 0.25) is 0 Å². The molecule has 0 fully saturated rings. The molecule has 1 atom stereocenters. The molecule has 0 aliphatic carbocycles. The van der Waals surface area contributed by atoms with Crippen molar-refractivity contribution < 1.29 is 18.4 Å². The summed E-state index contributed by atoms with van der Waals surface area (Å²) < 4.78 is 28.8. The van der Waals surface area contributed by atoms with Crippen LogP contribution >= 0.6 is 7.60 Å². The Balaban J connectivity index is 3.10. The molecule has 0 aliphatic rings. The lowest BCUT2D eigenvalue weighted by Gasteiger charge is -2.10. The van der Waals surface area contributed by atoms with E-state index in [2.05, 4.69) is 11.1 Å². The summed E-state index contributed by atoms with van der Waals surface area (Å²) in [6.07, 6.45) is 1.31. The highest BCUT2D eigenvalue weighted by atomic mass is 31.2. The number of rotatable bonds is 3. The Hall–Kier alpha value is -1.12. The van der Waals surface area contributed by atoms with Crippen molar-refractivity contribution in [1.29, 1.82) is 0 Å². The van der Waals surface area contributed by atoms with Crippen molar-refractivity contribution >= 4 is 13.7 Å². The molecule has 5 heteroatoms. The average Bonchev–Trinajstić information content (AvgIpc) is 2.06. The van der Waals surface area contributed by atoms with E-state index in [-0.39, 0.29) is 11.3 Å². The fourth-order valence-corrected chi connectivity index (χ4v) is 1.44. The van der Waals surface area contributed by atoms with Crippen molar-refractivity contribution in [3.05, 3.63) is 36.2 Å². The first-order chi connectivity index (χ1) is 6.44. The molecule has 14 heavy (non-hydrogen) atoms. The lowest BCUT2D eigenvalue weighted by atomic mass is 10.2. The summed E-state index contributed by atoms with van der Waals surface area (Å²) in [7, 11) is -3.72. The van der Waals surface area contributed by atoms with Gasteiger partial charge >= 0.3 is 7.60 Å². The van der Waals surface area contributed by atoms with Crippen molar-refractivity contribution in [2.24, 2.45) is 0 Å². The Bertz CT molecular complexity index is 397. The molecule has 1 N–H and O–H groups in total. The minimum absolute atomic E-state index is 0.232. The maximum atomic E-state index is 13.4. The highest BCUT2D eigenvalue weighted by Gasteiger charge is 2.16. The predicted molar refractivity (Wildman–Crippen MR) is 52.9 cm³/mol. The molecule has 0 aromatic heterocycles. The third kappa shape index (κ3) is 2.69. The van der Waals surface area contributed by atoms with E-state index in [4.69, 9.17) is 4.89 Å². The van der Waals surface area contributed by atoms with Gasteiger partial charge in [-0.05, 0) is 6.07 Å². The molecule has 0 aliphatic heterocycles. The first kappa shape index (κ1) is 11.0. The molecule has 76 valence electrons. The van der Waals surface area contributed by atoms with Crippen LogP contribution in [0, 0.1) is 5.82 Å². The molecule has 1 aromatic rings. The van der Waals surface area contributed by atoms with E-state index in [1.165, 1.54) is 24.3 Å². The fraction of sp³-hybridized carbons (Fsp3) is 0.111. The van der Waals surface area contributed by atoms with Crippen LogP contribution in [0.4, 0.5) is 4.39 Å². The van der Waals surface area contributed by atoms with Gasteiger partial charge in [-0.3, -0.25) is 0 Å². The Morgan fingerprint density at radius 3 is 2.79 bits per heavy atom. The highest BCUT2D eigenvalue weighted by molar-refractivity contribution is 7.52. The largest absolute Gasteiger partial charge is 0.421 e. The molecule has 1 rings (SSSR count). The molecular formula is C9H10FO3P. The van der Waals surface area contributed by atoms with Gasteiger partial charge in [0.25, 0.3) is 0 Å². The third-order valence-electron chi connectivity index (χ3n) is 1.48. The molecule has 3 nitrogen and oxygen atoms in total. The van der Waals surface area contributed by atoms with E-state index in [9.17, 15) is 8.96 Å². The summed E-state index contributed by atoms with van der Waals surface area (Å²) in [6.45, 7) is 4.40. The van der Waals surface area contributed by atoms with E-state index < -0.39 is 13.4 Å². The fourth-order valence-electron chi connectivity index (χ4n) is 0.938. The van der Waals surface area contributed by atoms with Crippen LogP contribution in [-0.4, -0.2) is 11.6 Å². The van der Waals surface area contributed by atoms with Crippen LogP contribution < -0.4 is 4.52 Å². The molecule has 0 spiro atoms. The zero-order valence-electron chi connectivity index (χ0n) is 7.61. The Morgan fingerprint density at radius 1 is 1.64 bits per heavy atom. The number of benzene rings is 1. The van der Waals surface area contributed by atoms with Crippen LogP contribution in [0.25, 0.3) is 6.08 Å². The standard InChI is InChI=1S/C9H10FO3P/c1-3-7-5-4-6-8(9(7)10)13-14(2,11)12/h3-6H,1H2,2H3,(H,11,12). The maximum absolute atomic E-state index is 13.4. The van der Waals surface area contributed by atoms with Crippen LogP contribution in [-0.2, 0) is 4.57 Å². The lowest BCUT2D eigenvalue weighted by Crippen LogP contribution is -1.94. The van der Waals surface area contributed by atoms with Gasteiger partial charge < -0.3 is 9.42 Å². The van der Waals surface area contributed by atoms with Crippen molar-refractivity contribution in [3.63, 3.8) is 0 Å². The minimum atomic E-state index is -3.72. The summed E-state index contributed by atoms with van der Waals surface area (Å²) in [5.74, 6) is -0.922. The SMILES string of the molecule is C=Cc1cccc(OP(C)(=O)O)c1F. The second-order valence-corrected chi connectivity index (χ2v) is 4.55. The van der Waals surface area contributed by atoms with Gasteiger partial charge in [-0.15, -0.1) is 0 Å².